The summed E-state index contributed by atoms with van der Waals surface area (Å²) in [6.07, 6.45) is 1.40. The van der Waals surface area contributed by atoms with Gasteiger partial charge in [0, 0.05) is 19.5 Å². The van der Waals surface area contributed by atoms with Crippen LogP contribution in [0.1, 0.15) is 41.7 Å². The number of sulfonamides is 1. The van der Waals surface area contributed by atoms with E-state index in [1.807, 2.05) is 107 Å². The summed E-state index contributed by atoms with van der Waals surface area (Å²) in [7, 11) is -3.81. The summed E-state index contributed by atoms with van der Waals surface area (Å²) in [5, 5.41) is 3.00. The quantitative estimate of drug-likeness (QED) is 0.343. The SMILES string of the molecule is Cc1cccc(CN(C(=O)CN(c2c(C)cccc2C)S(C)(=O)=O)[C@@H](Cc2ccccc2)C(=O)NCC(C)C)c1. The van der Waals surface area contributed by atoms with Crippen LogP contribution in [0.2, 0.25) is 0 Å². The summed E-state index contributed by atoms with van der Waals surface area (Å²) in [6.45, 7) is 9.86. The van der Waals surface area contributed by atoms with E-state index in [2.05, 4.69) is 5.32 Å². The van der Waals surface area contributed by atoms with Gasteiger partial charge in [-0.15, -0.1) is 0 Å². The first kappa shape index (κ1) is 30.9. The lowest BCUT2D eigenvalue weighted by atomic mass is 10.0. The third-order valence-electron chi connectivity index (χ3n) is 6.76. The second-order valence-electron chi connectivity index (χ2n) is 10.9. The van der Waals surface area contributed by atoms with Crippen molar-refractivity contribution >= 4 is 27.5 Å². The minimum absolute atomic E-state index is 0.164. The molecule has 0 saturated heterocycles. The van der Waals surface area contributed by atoms with E-state index in [0.29, 0.717) is 18.7 Å². The van der Waals surface area contributed by atoms with Crippen LogP contribution in [-0.4, -0.2) is 50.5 Å². The lowest BCUT2D eigenvalue weighted by Gasteiger charge is -2.34. The number of nitrogens with one attached hydrogen (secondary N) is 1. The number of nitrogens with zero attached hydrogens (tertiary/aromatic N) is 2. The third-order valence-corrected chi connectivity index (χ3v) is 7.87. The number of hydrogen-bond donors (Lipinski definition) is 1. The molecule has 0 bridgehead atoms. The number of rotatable bonds is 12. The number of carbonyl (C=O) groups is 2. The predicted octanol–water partition coefficient (Wildman–Crippen LogP) is 4.79. The zero-order valence-corrected chi connectivity index (χ0v) is 25.2. The highest BCUT2D eigenvalue weighted by Gasteiger charge is 2.33. The highest BCUT2D eigenvalue weighted by atomic mass is 32.2. The molecule has 0 aromatic heterocycles. The molecule has 3 aromatic carbocycles. The Hall–Kier alpha value is -3.65. The number of amides is 2. The molecule has 1 N–H and O–H groups in total. The number of carbonyl (C=O) groups excluding carboxylic acids is 2. The van der Waals surface area contributed by atoms with E-state index in [9.17, 15) is 18.0 Å². The maximum absolute atomic E-state index is 14.2. The molecule has 1 atom stereocenters. The van der Waals surface area contributed by atoms with E-state index in [1.165, 1.54) is 4.90 Å². The molecule has 0 aliphatic heterocycles. The monoisotopic (exact) mass is 563 g/mol. The standard InChI is InChI=1S/C32H41N3O4S/c1-23(2)20-33-32(37)29(19-27-15-8-7-9-16-27)34(21-28-17-10-12-24(3)18-28)30(36)22-35(40(6,38)39)31-25(4)13-11-14-26(31)5/h7-18,23,29H,19-22H2,1-6H3,(H,33,37)/t29-/m0/s1. The summed E-state index contributed by atoms with van der Waals surface area (Å²) in [6, 6.07) is 22.0. The molecule has 0 heterocycles. The van der Waals surface area contributed by atoms with Gasteiger partial charge in [-0.25, -0.2) is 8.42 Å². The normalized spacial score (nSPS) is 12.2. The highest BCUT2D eigenvalue weighted by molar-refractivity contribution is 7.92. The number of anilines is 1. The first-order valence-electron chi connectivity index (χ1n) is 13.6. The molecule has 3 aromatic rings. The van der Waals surface area contributed by atoms with Gasteiger partial charge in [-0.2, -0.15) is 0 Å². The van der Waals surface area contributed by atoms with E-state index in [0.717, 1.165) is 38.4 Å². The van der Waals surface area contributed by atoms with Gasteiger partial charge in [-0.3, -0.25) is 13.9 Å². The second-order valence-corrected chi connectivity index (χ2v) is 12.8. The van der Waals surface area contributed by atoms with E-state index < -0.39 is 28.5 Å². The molecule has 2 amide bonds. The molecule has 0 spiro atoms. The van der Waals surface area contributed by atoms with Crippen LogP contribution in [0.25, 0.3) is 0 Å². The summed E-state index contributed by atoms with van der Waals surface area (Å²) in [4.78, 5) is 29.4. The van der Waals surface area contributed by atoms with Gasteiger partial charge in [0.25, 0.3) is 0 Å². The van der Waals surface area contributed by atoms with Gasteiger partial charge in [0.2, 0.25) is 21.8 Å². The van der Waals surface area contributed by atoms with Gasteiger partial charge in [0.05, 0.1) is 11.9 Å². The predicted molar refractivity (Wildman–Crippen MR) is 162 cm³/mol. The summed E-state index contributed by atoms with van der Waals surface area (Å²) in [5.41, 5.74) is 4.78. The fourth-order valence-corrected chi connectivity index (χ4v) is 5.72. The molecule has 0 aliphatic rings. The minimum Gasteiger partial charge on any atom is -0.354 e. The van der Waals surface area contributed by atoms with E-state index in [-0.39, 0.29) is 18.4 Å². The van der Waals surface area contributed by atoms with Crippen molar-refractivity contribution in [3.8, 4) is 0 Å². The van der Waals surface area contributed by atoms with Gasteiger partial charge in [0.15, 0.2) is 0 Å². The van der Waals surface area contributed by atoms with Gasteiger partial charge in [-0.05, 0) is 48.9 Å². The van der Waals surface area contributed by atoms with Crippen molar-refractivity contribution < 1.29 is 18.0 Å². The van der Waals surface area contributed by atoms with Crippen molar-refractivity contribution in [1.29, 1.82) is 0 Å². The maximum atomic E-state index is 14.2. The average Bonchev–Trinajstić information content (AvgIpc) is 2.88. The zero-order chi connectivity index (χ0) is 29.4. The van der Waals surface area contributed by atoms with Crippen molar-refractivity contribution in [2.45, 2.75) is 53.6 Å². The maximum Gasteiger partial charge on any atom is 0.244 e. The van der Waals surface area contributed by atoms with Crippen LogP contribution >= 0.6 is 0 Å². The molecule has 0 fully saturated rings. The number of hydrogen-bond acceptors (Lipinski definition) is 4. The molecule has 0 saturated carbocycles. The topological polar surface area (TPSA) is 86.8 Å². The summed E-state index contributed by atoms with van der Waals surface area (Å²) >= 11 is 0. The first-order valence-corrected chi connectivity index (χ1v) is 15.4. The van der Waals surface area contributed by atoms with Gasteiger partial charge in [0.1, 0.15) is 12.6 Å². The largest absolute Gasteiger partial charge is 0.354 e. The molecule has 3 rings (SSSR count). The fraction of sp³-hybridized carbons (Fsp3) is 0.375. The van der Waals surface area contributed by atoms with E-state index in [1.54, 1.807) is 0 Å². The Labute approximate surface area is 239 Å². The Balaban J connectivity index is 2.08. The Kier molecular flexibility index (Phi) is 10.5. The summed E-state index contributed by atoms with van der Waals surface area (Å²) < 4.78 is 27.3. The van der Waals surface area contributed by atoms with Crippen LogP contribution < -0.4 is 9.62 Å². The van der Waals surface area contributed by atoms with Crippen LogP contribution in [0.5, 0.6) is 0 Å². The lowest BCUT2D eigenvalue weighted by molar-refractivity contribution is -0.140. The van der Waals surface area contributed by atoms with Gasteiger partial charge in [-0.1, -0.05) is 92.2 Å². The molecule has 214 valence electrons. The molecule has 0 radical (unpaired) electrons. The average molecular weight is 564 g/mol. The Bertz CT molecular complexity index is 1400. The summed E-state index contributed by atoms with van der Waals surface area (Å²) in [5.74, 6) is -0.487. The zero-order valence-electron chi connectivity index (χ0n) is 24.3. The molecule has 8 heteroatoms. The van der Waals surface area contributed by atoms with Crippen LogP contribution in [0.15, 0.2) is 72.8 Å². The van der Waals surface area contributed by atoms with Crippen LogP contribution in [-0.2, 0) is 32.6 Å². The molecular formula is C32H41N3O4S. The Morgan fingerprint density at radius 1 is 0.850 bits per heavy atom. The lowest BCUT2D eigenvalue weighted by Crippen LogP contribution is -2.53. The van der Waals surface area contributed by atoms with Crippen LogP contribution in [0, 0.1) is 26.7 Å². The smallest absolute Gasteiger partial charge is 0.244 e. The molecule has 40 heavy (non-hydrogen) atoms. The Morgan fingerprint density at radius 3 is 2.02 bits per heavy atom. The van der Waals surface area contributed by atoms with Crippen molar-refractivity contribution in [2.75, 3.05) is 23.7 Å². The van der Waals surface area contributed by atoms with Gasteiger partial charge >= 0.3 is 0 Å². The molecule has 0 aliphatic carbocycles. The van der Waals surface area contributed by atoms with Crippen LogP contribution in [0.4, 0.5) is 5.69 Å². The second kappa shape index (κ2) is 13.6. The van der Waals surface area contributed by atoms with Gasteiger partial charge < -0.3 is 10.2 Å². The van der Waals surface area contributed by atoms with E-state index >= 15 is 0 Å². The van der Waals surface area contributed by atoms with E-state index in [4.69, 9.17) is 0 Å². The van der Waals surface area contributed by atoms with Crippen molar-refractivity contribution in [2.24, 2.45) is 5.92 Å². The third kappa shape index (κ3) is 8.42. The number of aryl methyl sites for hydroxylation is 3. The molecule has 7 nitrogen and oxygen atoms in total. The van der Waals surface area contributed by atoms with Crippen molar-refractivity contribution in [3.05, 3.63) is 101 Å². The molecular weight excluding hydrogens is 522 g/mol. The fourth-order valence-electron chi connectivity index (χ4n) is 4.76. The van der Waals surface area contributed by atoms with Crippen LogP contribution in [0.3, 0.4) is 0 Å². The van der Waals surface area contributed by atoms with Crippen molar-refractivity contribution in [1.82, 2.24) is 10.2 Å². The first-order chi connectivity index (χ1) is 18.9. The number of benzene rings is 3. The molecule has 0 unspecified atom stereocenters. The minimum atomic E-state index is -3.81. The highest BCUT2D eigenvalue weighted by Crippen LogP contribution is 2.27. The Morgan fingerprint density at radius 2 is 1.45 bits per heavy atom. The number of para-hydroxylation sites is 1. The van der Waals surface area contributed by atoms with Crippen molar-refractivity contribution in [3.63, 3.8) is 0 Å².